The summed E-state index contributed by atoms with van der Waals surface area (Å²) in [4.78, 5) is 18.3. The second-order valence-corrected chi connectivity index (χ2v) is 7.16. The summed E-state index contributed by atoms with van der Waals surface area (Å²) in [5.41, 5.74) is 2.26. The lowest BCUT2D eigenvalue weighted by Crippen LogP contribution is -2.46. The van der Waals surface area contributed by atoms with Gasteiger partial charge >= 0.3 is 0 Å². The monoisotopic (exact) mass is 510 g/mol. The SMILES string of the molecule is CN=C(NCCc1cnn(-c2ccccc2)c1)N1CCC(CC(=O)NC)CC1.I. The number of aliphatic imine (C=N–C) groups is 1. The molecule has 2 aromatic rings. The van der Waals surface area contributed by atoms with E-state index in [4.69, 9.17) is 0 Å². The van der Waals surface area contributed by atoms with E-state index in [-0.39, 0.29) is 29.9 Å². The van der Waals surface area contributed by atoms with Gasteiger partial charge in [-0.1, -0.05) is 18.2 Å². The Balaban J connectivity index is 0.00000300. The number of guanidine groups is 1. The van der Waals surface area contributed by atoms with Gasteiger partial charge in [0.05, 0.1) is 11.9 Å². The summed E-state index contributed by atoms with van der Waals surface area (Å²) in [6.45, 7) is 2.69. The number of rotatable bonds is 6. The number of carbonyl (C=O) groups excluding carboxylic acids is 1. The van der Waals surface area contributed by atoms with E-state index in [0.29, 0.717) is 12.3 Å². The van der Waals surface area contributed by atoms with Crippen molar-refractivity contribution in [3.8, 4) is 5.69 Å². The second-order valence-electron chi connectivity index (χ2n) is 7.16. The average Bonchev–Trinajstić information content (AvgIpc) is 3.21. The van der Waals surface area contributed by atoms with Crippen LogP contribution in [0.15, 0.2) is 47.7 Å². The highest BCUT2D eigenvalue weighted by atomic mass is 127. The molecule has 29 heavy (non-hydrogen) atoms. The maximum Gasteiger partial charge on any atom is 0.220 e. The highest BCUT2D eigenvalue weighted by Gasteiger charge is 2.22. The van der Waals surface area contributed by atoms with E-state index in [1.807, 2.05) is 48.3 Å². The van der Waals surface area contributed by atoms with E-state index < -0.39 is 0 Å². The summed E-state index contributed by atoms with van der Waals surface area (Å²) in [5.74, 6) is 1.55. The minimum Gasteiger partial charge on any atom is -0.359 e. The highest BCUT2D eigenvalue weighted by molar-refractivity contribution is 14.0. The van der Waals surface area contributed by atoms with Crippen molar-refractivity contribution in [2.24, 2.45) is 10.9 Å². The molecule has 0 radical (unpaired) electrons. The molecule has 1 aromatic heterocycles. The third-order valence-electron chi connectivity index (χ3n) is 5.23. The molecular formula is C21H31IN6O. The largest absolute Gasteiger partial charge is 0.359 e. The van der Waals surface area contributed by atoms with Crippen molar-refractivity contribution in [1.82, 2.24) is 25.3 Å². The smallest absolute Gasteiger partial charge is 0.220 e. The Kier molecular flexibility index (Phi) is 9.43. The van der Waals surface area contributed by atoms with Crippen LogP contribution in [0, 0.1) is 5.92 Å². The van der Waals surface area contributed by atoms with Crippen LogP contribution in [0.3, 0.4) is 0 Å². The Morgan fingerprint density at radius 2 is 1.97 bits per heavy atom. The summed E-state index contributed by atoms with van der Waals surface area (Å²) in [6.07, 6.45) is 7.56. The molecule has 158 valence electrons. The van der Waals surface area contributed by atoms with Crippen LogP contribution in [0.5, 0.6) is 0 Å². The molecule has 1 amide bonds. The van der Waals surface area contributed by atoms with Gasteiger partial charge in [0.1, 0.15) is 0 Å². The van der Waals surface area contributed by atoms with Gasteiger partial charge in [0, 0.05) is 46.3 Å². The van der Waals surface area contributed by atoms with E-state index in [1.165, 1.54) is 5.56 Å². The van der Waals surface area contributed by atoms with Gasteiger partial charge in [-0.2, -0.15) is 5.10 Å². The summed E-state index contributed by atoms with van der Waals surface area (Å²) < 4.78 is 1.90. The van der Waals surface area contributed by atoms with Crippen molar-refractivity contribution >= 4 is 35.8 Å². The Bertz CT molecular complexity index is 783. The lowest BCUT2D eigenvalue weighted by Gasteiger charge is -2.34. The molecule has 2 N–H and O–H groups in total. The zero-order chi connectivity index (χ0) is 19.8. The van der Waals surface area contributed by atoms with Crippen LogP contribution in [0.1, 0.15) is 24.8 Å². The first-order valence-corrected chi connectivity index (χ1v) is 9.94. The molecule has 2 heterocycles. The van der Waals surface area contributed by atoms with Crippen LogP contribution in [0.2, 0.25) is 0 Å². The van der Waals surface area contributed by atoms with Crippen LogP contribution in [-0.4, -0.2) is 60.3 Å². The molecule has 3 rings (SSSR count). The van der Waals surface area contributed by atoms with Crippen molar-refractivity contribution in [3.63, 3.8) is 0 Å². The number of likely N-dealkylation sites (tertiary alicyclic amines) is 1. The fourth-order valence-corrected chi connectivity index (χ4v) is 3.58. The quantitative estimate of drug-likeness (QED) is 0.356. The Hall–Kier alpha value is -2.10. The molecule has 0 saturated carbocycles. The highest BCUT2D eigenvalue weighted by Crippen LogP contribution is 2.20. The third kappa shape index (κ3) is 6.73. The van der Waals surface area contributed by atoms with Crippen LogP contribution in [-0.2, 0) is 11.2 Å². The number of carbonyl (C=O) groups is 1. The van der Waals surface area contributed by atoms with Gasteiger partial charge in [0.2, 0.25) is 5.91 Å². The number of para-hydroxylation sites is 1. The molecule has 1 aromatic carbocycles. The van der Waals surface area contributed by atoms with E-state index in [0.717, 1.165) is 50.5 Å². The Labute approximate surface area is 190 Å². The van der Waals surface area contributed by atoms with E-state index in [9.17, 15) is 4.79 Å². The minimum absolute atomic E-state index is 0. The molecule has 0 unspecified atom stereocenters. The second kappa shape index (κ2) is 11.8. The fourth-order valence-electron chi connectivity index (χ4n) is 3.58. The number of amides is 1. The van der Waals surface area contributed by atoms with Gasteiger partial charge in [-0.15, -0.1) is 24.0 Å². The van der Waals surface area contributed by atoms with Crippen molar-refractivity contribution in [1.29, 1.82) is 0 Å². The van der Waals surface area contributed by atoms with Gasteiger partial charge in [0.25, 0.3) is 0 Å². The molecule has 1 fully saturated rings. The van der Waals surface area contributed by atoms with Gasteiger partial charge in [-0.05, 0) is 42.9 Å². The van der Waals surface area contributed by atoms with E-state index >= 15 is 0 Å². The van der Waals surface area contributed by atoms with E-state index in [2.05, 4.69) is 31.8 Å². The maximum atomic E-state index is 11.6. The van der Waals surface area contributed by atoms with Crippen molar-refractivity contribution < 1.29 is 4.79 Å². The number of benzene rings is 1. The first kappa shape index (κ1) is 23.2. The number of nitrogens with one attached hydrogen (secondary N) is 2. The van der Waals surface area contributed by atoms with Gasteiger partial charge in [-0.25, -0.2) is 4.68 Å². The number of hydrogen-bond acceptors (Lipinski definition) is 3. The van der Waals surface area contributed by atoms with Crippen molar-refractivity contribution in [2.45, 2.75) is 25.7 Å². The maximum absolute atomic E-state index is 11.6. The van der Waals surface area contributed by atoms with Crippen LogP contribution < -0.4 is 10.6 Å². The van der Waals surface area contributed by atoms with Crippen molar-refractivity contribution in [3.05, 3.63) is 48.3 Å². The summed E-state index contributed by atoms with van der Waals surface area (Å²) in [6, 6.07) is 10.1. The summed E-state index contributed by atoms with van der Waals surface area (Å²) >= 11 is 0. The standard InChI is InChI=1S/C21H30N6O.HI/c1-22-20(28)14-17-9-12-26(13-10-17)21(23-2)24-11-8-18-15-25-27(16-18)19-6-4-3-5-7-19;/h3-7,15-17H,8-14H2,1-2H3,(H,22,28)(H,23,24);1H. The zero-order valence-electron chi connectivity index (χ0n) is 17.2. The Morgan fingerprint density at radius 3 is 2.62 bits per heavy atom. The minimum atomic E-state index is 0. The van der Waals surface area contributed by atoms with Gasteiger partial charge < -0.3 is 15.5 Å². The molecule has 1 saturated heterocycles. The number of hydrogen-bond donors (Lipinski definition) is 2. The normalized spacial score (nSPS) is 15.0. The predicted octanol–water partition coefficient (Wildman–Crippen LogP) is 2.46. The lowest BCUT2D eigenvalue weighted by molar-refractivity contribution is -0.121. The summed E-state index contributed by atoms with van der Waals surface area (Å²) in [5, 5.41) is 10.6. The number of piperidine rings is 1. The molecule has 7 nitrogen and oxygen atoms in total. The van der Waals surface area contributed by atoms with E-state index in [1.54, 1.807) is 7.05 Å². The predicted molar refractivity (Wildman–Crippen MR) is 127 cm³/mol. The molecule has 1 aliphatic rings. The number of nitrogens with zero attached hydrogens (tertiary/aromatic N) is 4. The molecular weight excluding hydrogens is 479 g/mol. The molecule has 0 atom stereocenters. The molecule has 0 aliphatic carbocycles. The Morgan fingerprint density at radius 1 is 1.24 bits per heavy atom. The van der Waals surface area contributed by atoms with Gasteiger partial charge in [-0.3, -0.25) is 9.79 Å². The number of halogens is 1. The third-order valence-corrected chi connectivity index (χ3v) is 5.23. The molecule has 0 bridgehead atoms. The first-order chi connectivity index (χ1) is 13.7. The topological polar surface area (TPSA) is 74.5 Å². The fraction of sp³-hybridized carbons (Fsp3) is 0.476. The number of aromatic nitrogens is 2. The molecule has 0 spiro atoms. The zero-order valence-corrected chi connectivity index (χ0v) is 19.5. The first-order valence-electron chi connectivity index (χ1n) is 9.94. The van der Waals surface area contributed by atoms with Crippen LogP contribution in [0.4, 0.5) is 0 Å². The van der Waals surface area contributed by atoms with Crippen LogP contribution in [0.25, 0.3) is 5.69 Å². The average molecular weight is 510 g/mol. The lowest BCUT2D eigenvalue weighted by atomic mass is 9.93. The molecule has 1 aliphatic heterocycles. The summed E-state index contributed by atoms with van der Waals surface area (Å²) in [7, 11) is 3.53. The van der Waals surface area contributed by atoms with Crippen molar-refractivity contribution in [2.75, 3.05) is 33.7 Å². The van der Waals surface area contributed by atoms with Crippen LogP contribution >= 0.6 is 24.0 Å². The van der Waals surface area contributed by atoms with Gasteiger partial charge in [0.15, 0.2) is 5.96 Å². The molecule has 8 heteroatoms.